The third-order valence-corrected chi connectivity index (χ3v) is 4.57. The molecule has 1 aromatic carbocycles. The van der Waals surface area contributed by atoms with Gasteiger partial charge in [0, 0.05) is 11.5 Å². The van der Waals surface area contributed by atoms with Crippen LogP contribution in [-0.2, 0) is 11.2 Å². The number of hydrogen-bond donors (Lipinski definition) is 0. The van der Waals surface area contributed by atoms with Gasteiger partial charge >= 0.3 is 6.09 Å². The van der Waals surface area contributed by atoms with Gasteiger partial charge in [0.15, 0.2) is 0 Å². The number of amides is 1. The summed E-state index contributed by atoms with van der Waals surface area (Å²) in [5.41, 5.74) is 1.87. The molecule has 0 spiro atoms. The molecule has 3 nitrogen and oxygen atoms in total. The van der Waals surface area contributed by atoms with Crippen LogP contribution in [-0.4, -0.2) is 23.6 Å². The fraction of sp³-hybridized carbons (Fsp3) is 0.533. The summed E-state index contributed by atoms with van der Waals surface area (Å²) in [5.74, 6) is 0. The van der Waals surface area contributed by atoms with Gasteiger partial charge in [-0.15, -0.1) is 0 Å². The maximum atomic E-state index is 12.2. The molecular formula is C15H19BrClNO2. The monoisotopic (exact) mass is 359 g/mol. The van der Waals surface area contributed by atoms with E-state index in [1.165, 1.54) is 5.56 Å². The summed E-state index contributed by atoms with van der Waals surface area (Å²) < 4.78 is 6.33. The van der Waals surface area contributed by atoms with Gasteiger partial charge in [-0.05, 0) is 72.8 Å². The third kappa shape index (κ3) is 3.29. The predicted molar refractivity (Wildman–Crippen MR) is 84.2 cm³/mol. The Bertz CT molecular complexity index is 539. The minimum absolute atomic E-state index is 0.0328. The van der Waals surface area contributed by atoms with Crippen molar-refractivity contribution in [2.24, 2.45) is 0 Å². The smallest absolute Gasteiger partial charge is 0.410 e. The fourth-order valence-electron chi connectivity index (χ4n) is 2.44. The van der Waals surface area contributed by atoms with Gasteiger partial charge in [0.25, 0.3) is 0 Å². The van der Waals surface area contributed by atoms with Crippen LogP contribution >= 0.6 is 27.5 Å². The Balaban J connectivity index is 2.21. The van der Waals surface area contributed by atoms with Crippen LogP contribution < -0.4 is 0 Å². The van der Waals surface area contributed by atoms with Crippen molar-refractivity contribution in [3.05, 3.63) is 32.8 Å². The second-order valence-corrected chi connectivity index (χ2v) is 7.37. The van der Waals surface area contributed by atoms with E-state index in [1.54, 1.807) is 11.9 Å². The number of aryl methyl sites for hydroxylation is 1. The van der Waals surface area contributed by atoms with E-state index in [2.05, 4.69) is 15.9 Å². The van der Waals surface area contributed by atoms with Crippen molar-refractivity contribution in [2.45, 2.75) is 45.3 Å². The standard InChI is InChI=1S/C15H19BrClNO2/c1-15(2,3)20-14(19)18(4)13-6-5-9-7-11(16)12(17)8-10(9)13/h7-8,13H,5-6H2,1-4H3. The molecule has 1 aliphatic carbocycles. The molecule has 1 aliphatic rings. The molecule has 0 aromatic heterocycles. The van der Waals surface area contributed by atoms with Gasteiger partial charge in [0.1, 0.15) is 5.60 Å². The van der Waals surface area contributed by atoms with Crippen LogP contribution in [0.25, 0.3) is 0 Å². The van der Waals surface area contributed by atoms with Crippen LogP contribution in [0.2, 0.25) is 5.02 Å². The summed E-state index contributed by atoms with van der Waals surface area (Å²) >= 11 is 9.60. The molecule has 1 aromatic rings. The zero-order valence-corrected chi connectivity index (χ0v) is 14.5. The summed E-state index contributed by atoms with van der Waals surface area (Å²) in [6, 6.07) is 4.02. The first-order valence-electron chi connectivity index (χ1n) is 6.62. The van der Waals surface area contributed by atoms with Crippen LogP contribution in [0.3, 0.4) is 0 Å². The van der Waals surface area contributed by atoms with Crippen LogP contribution in [0.1, 0.15) is 44.4 Å². The van der Waals surface area contributed by atoms with Crippen molar-refractivity contribution in [3.8, 4) is 0 Å². The van der Waals surface area contributed by atoms with Crippen molar-refractivity contribution in [2.75, 3.05) is 7.05 Å². The highest BCUT2D eigenvalue weighted by Crippen LogP contribution is 2.39. The highest BCUT2D eigenvalue weighted by molar-refractivity contribution is 9.10. The fourth-order valence-corrected chi connectivity index (χ4v) is 3.00. The van der Waals surface area contributed by atoms with E-state index in [4.69, 9.17) is 16.3 Å². The molecule has 1 amide bonds. The van der Waals surface area contributed by atoms with E-state index in [1.807, 2.05) is 32.9 Å². The molecular weight excluding hydrogens is 342 g/mol. The first kappa shape index (κ1) is 15.6. The largest absolute Gasteiger partial charge is 0.444 e. The Hall–Kier alpha value is -0.740. The third-order valence-electron chi connectivity index (χ3n) is 3.38. The lowest BCUT2D eigenvalue weighted by Gasteiger charge is -2.29. The molecule has 0 fully saturated rings. The average Bonchev–Trinajstić information content (AvgIpc) is 2.69. The predicted octanol–water partition coefficient (Wildman–Crippen LogP) is 4.96. The highest BCUT2D eigenvalue weighted by atomic mass is 79.9. The van der Waals surface area contributed by atoms with Gasteiger partial charge in [0.05, 0.1) is 11.1 Å². The molecule has 1 unspecified atom stereocenters. The number of carbonyl (C=O) groups excluding carboxylic acids is 1. The molecule has 1 atom stereocenters. The number of benzene rings is 1. The van der Waals surface area contributed by atoms with Crippen molar-refractivity contribution in [1.82, 2.24) is 4.90 Å². The Kier molecular flexibility index (Phi) is 4.35. The number of rotatable bonds is 1. The van der Waals surface area contributed by atoms with Crippen molar-refractivity contribution in [1.29, 1.82) is 0 Å². The SMILES string of the molecule is CN(C(=O)OC(C)(C)C)C1CCc2cc(Br)c(Cl)cc21. The van der Waals surface area contributed by atoms with E-state index >= 15 is 0 Å². The van der Waals surface area contributed by atoms with Gasteiger partial charge in [-0.3, -0.25) is 0 Å². The number of hydrogen-bond acceptors (Lipinski definition) is 2. The van der Waals surface area contributed by atoms with Crippen LogP contribution in [0.15, 0.2) is 16.6 Å². The van der Waals surface area contributed by atoms with E-state index < -0.39 is 5.60 Å². The van der Waals surface area contributed by atoms with E-state index in [0.29, 0.717) is 5.02 Å². The average molecular weight is 361 g/mol. The summed E-state index contributed by atoms with van der Waals surface area (Å²) in [6.45, 7) is 5.61. The number of carbonyl (C=O) groups is 1. The van der Waals surface area contributed by atoms with Gasteiger partial charge < -0.3 is 9.64 Å². The maximum absolute atomic E-state index is 12.2. The van der Waals surface area contributed by atoms with Crippen molar-refractivity contribution >= 4 is 33.6 Å². The maximum Gasteiger partial charge on any atom is 0.410 e. The Morgan fingerprint density at radius 3 is 2.70 bits per heavy atom. The normalized spacial score (nSPS) is 17.8. The molecule has 0 saturated heterocycles. The number of ether oxygens (including phenoxy) is 1. The molecule has 110 valence electrons. The second kappa shape index (κ2) is 5.57. The first-order chi connectivity index (χ1) is 9.19. The van der Waals surface area contributed by atoms with E-state index in [0.717, 1.165) is 22.9 Å². The zero-order valence-electron chi connectivity index (χ0n) is 12.2. The number of fused-ring (bicyclic) bond motifs is 1. The lowest BCUT2D eigenvalue weighted by molar-refractivity contribution is 0.0220. The van der Waals surface area contributed by atoms with Gasteiger partial charge in [-0.2, -0.15) is 0 Å². The Labute approximate surface area is 133 Å². The topological polar surface area (TPSA) is 29.5 Å². The Morgan fingerprint density at radius 1 is 1.45 bits per heavy atom. The zero-order chi connectivity index (χ0) is 15.1. The first-order valence-corrected chi connectivity index (χ1v) is 7.80. The van der Waals surface area contributed by atoms with Gasteiger partial charge in [0.2, 0.25) is 0 Å². The number of nitrogens with zero attached hydrogens (tertiary/aromatic N) is 1. The van der Waals surface area contributed by atoms with Crippen LogP contribution in [0.5, 0.6) is 0 Å². The minimum atomic E-state index is -0.482. The molecule has 5 heteroatoms. The molecule has 0 saturated carbocycles. The molecule has 0 radical (unpaired) electrons. The summed E-state index contributed by atoms with van der Waals surface area (Å²) in [5, 5.41) is 0.674. The lowest BCUT2D eigenvalue weighted by Crippen LogP contribution is -2.36. The molecule has 0 aliphatic heterocycles. The van der Waals surface area contributed by atoms with Gasteiger partial charge in [-0.1, -0.05) is 11.6 Å². The Morgan fingerprint density at radius 2 is 2.10 bits per heavy atom. The summed E-state index contributed by atoms with van der Waals surface area (Å²) in [7, 11) is 1.78. The molecule has 0 N–H and O–H groups in total. The molecule has 20 heavy (non-hydrogen) atoms. The number of halogens is 2. The summed E-state index contributed by atoms with van der Waals surface area (Å²) in [6.07, 6.45) is 1.55. The lowest BCUT2D eigenvalue weighted by atomic mass is 10.1. The van der Waals surface area contributed by atoms with Gasteiger partial charge in [-0.25, -0.2) is 4.79 Å². The van der Waals surface area contributed by atoms with Crippen molar-refractivity contribution in [3.63, 3.8) is 0 Å². The van der Waals surface area contributed by atoms with Crippen molar-refractivity contribution < 1.29 is 9.53 Å². The van der Waals surface area contributed by atoms with E-state index in [-0.39, 0.29) is 12.1 Å². The molecule has 2 rings (SSSR count). The minimum Gasteiger partial charge on any atom is -0.444 e. The van der Waals surface area contributed by atoms with E-state index in [9.17, 15) is 4.79 Å². The summed E-state index contributed by atoms with van der Waals surface area (Å²) in [4.78, 5) is 13.8. The quantitative estimate of drug-likeness (QED) is 0.708. The molecule has 0 bridgehead atoms. The highest BCUT2D eigenvalue weighted by Gasteiger charge is 2.31. The van der Waals surface area contributed by atoms with Crippen LogP contribution in [0, 0.1) is 0 Å². The second-order valence-electron chi connectivity index (χ2n) is 6.11. The van der Waals surface area contributed by atoms with Crippen LogP contribution in [0.4, 0.5) is 4.79 Å². The molecule has 0 heterocycles.